The van der Waals surface area contributed by atoms with E-state index in [1.54, 1.807) is 0 Å². The van der Waals surface area contributed by atoms with E-state index in [1.807, 2.05) is 0 Å². The molecule has 1 aliphatic rings. The fourth-order valence-corrected chi connectivity index (χ4v) is 1.66. The van der Waals surface area contributed by atoms with Crippen LogP contribution in [0.1, 0.15) is 12.8 Å². The zero-order valence-electron chi connectivity index (χ0n) is 9.71. The van der Waals surface area contributed by atoms with Crippen molar-refractivity contribution in [2.75, 3.05) is 18.4 Å². The van der Waals surface area contributed by atoms with Crippen LogP contribution in [0.15, 0.2) is 18.2 Å². The molecular weight excluding hydrogens is 278 g/mol. The summed E-state index contributed by atoms with van der Waals surface area (Å²) in [4.78, 5) is 11.5. The van der Waals surface area contributed by atoms with Crippen molar-refractivity contribution < 1.29 is 9.18 Å². The third-order valence-corrected chi connectivity index (χ3v) is 2.86. The Morgan fingerprint density at radius 1 is 1.44 bits per heavy atom. The first-order valence-corrected chi connectivity index (χ1v) is 5.98. The van der Waals surface area contributed by atoms with E-state index in [4.69, 9.17) is 11.6 Å². The predicted molar refractivity (Wildman–Crippen MR) is 72.9 cm³/mol. The van der Waals surface area contributed by atoms with Gasteiger partial charge in [-0.05, 0) is 43.5 Å². The maximum Gasteiger partial charge on any atom is 0.238 e. The second-order valence-electron chi connectivity index (χ2n) is 4.25. The molecule has 0 spiro atoms. The molecule has 100 valence electrons. The highest BCUT2D eigenvalue weighted by Crippen LogP contribution is 2.27. The van der Waals surface area contributed by atoms with Crippen LogP contribution in [0.25, 0.3) is 0 Å². The topological polar surface area (TPSA) is 41.1 Å². The van der Waals surface area contributed by atoms with Crippen LogP contribution in [0.3, 0.4) is 0 Å². The van der Waals surface area contributed by atoms with E-state index in [2.05, 4.69) is 10.6 Å². The van der Waals surface area contributed by atoms with Crippen LogP contribution in [0.2, 0.25) is 5.02 Å². The molecule has 1 amide bonds. The molecule has 0 aromatic heterocycles. The van der Waals surface area contributed by atoms with Crippen LogP contribution < -0.4 is 10.6 Å². The van der Waals surface area contributed by atoms with Gasteiger partial charge in [-0.3, -0.25) is 4.79 Å². The smallest absolute Gasteiger partial charge is 0.238 e. The summed E-state index contributed by atoms with van der Waals surface area (Å²) < 4.78 is 13.4. The van der Waals surface area contributed by atoms with E-state index in [0.717, 1.165) is 12.5 Å². The maximum absolute atomic E-state index is 13.4. The number of amides is 1. The molecular formula is C12H15Cl2FN2O. The number of carbonyl (C=O) groups is 1. The van der Waals surface area contributed by atoms with Gasteiger partial charge in [0.2, 0.25) is 5.91 Å². The summed E-state index contributed by atoms with van der Waals surface area (Å²) in [5, 5.41) is 5.85. The fourth-order valence-electron chi connectivity index (χ4n) is 1.50. The first-order valence-electron chi connectivity index (χ1n) is 5.61. The number of halogens is 3. The number of nitrogens with one attached hydrogen (secondary N) is 2. The normalized spacial score (nSPS) is 13.9. The summed E-state index contributed by atoms with van der Waals surface area (Å²) in [6, 6.07) is 4.17. The van der Waals surface area contributed by atoms with Crippen molar-refractivity contribution in [3.05, 3.63) is 29.0 Å². The van der Waals surface area contributed by atoms with Gasteiger partial charge in [0.25, 0.3) is 0 Å². The number of hydrogen-bond donors (Lipinski definition) is 2. The molecule has 3 nitrogen and oxygen atoms in total. The van der Waals surface area contributed by atoms with Crippen LogP contribution in [0, 0.1) is 11.7 Å². The monoisotopic (exact) mass is 292 g/mol. The standard InChI is InChI=1S/C12H14ClFN2O.ClH/c13-9-3-4-11(10(14)5-9)16-12(17)7-15-6-8-1-2-8;/h3-5,8,15H,1-2,6-7H2,(H,16,17);1H. The van der Waals surface area contributed by atoms with Crippen molar-refractivity contribution in [3.63, 3.8) is 0 Å². The number of carbonyl (C=O) groups excluding carboxylic acids is 1. The summed E-state index contributed by atoms with van der Waals surface area (Å²) >= 11 is 5.61. The molecule has 18 heavy (non-hydrogen) atoms. The molecule has 0 heterocycles. The van der Waals surface area contributed by atoms with Crippen molar-refractivity contribution in [2.24, 2.45) is 5.92 Å². The van der Waals surface area contributed by atoms with E-state index in [1.165, 1.54) is 31.0 Å². The molecule has 0 atom stereocenters. The van der Waals surface area contributed by atoms with Gasteiger partial charge in [0.1, 0.15) is 5.82 Å². The maximum atomic E-state index is 13.4. The van der Waals surface area contributed by atoms with E-state index in [-0.39, 0.29) is 30.5 Å². The van der Waals surface area contributed by atoms with Gasteiger partial charge in [-0.25, -0.2) is 4.39 Å². The van der Waals surface area contributed by atoms with Crippen LogP contribution in [0.4, 0.5) is 10.1 Å². The van der Waals surface area contributed by atoms with Crippen LogP contribution >= 0.6 is 24.0 Å². The number of benzene rings is 1. The number of rotatable bonds is 5. The molecule has 2 rings (SSSR count). The quantitative estimate of drug-likeness (QED) is 0.876. The SMILES string of the molecule is Cl.O=C(CNCC1CC1)Nc1ccc(Cl)cc1F. The van der Waals surface area contributed by atoms with Gasteiger partial charge in [-0.1, -0.05) is 11.6 Å². The lowest BCUT2D eigenvalue weighted by molar-refractivity contribution is -0.115. The van der Waals surface area contributed by atoms with E-state index in [9.17, 15) is 9.18 Å². The number of hydrogen-bond acceptors (Lipinski definition) is 2. The molecule has 0 radical (unpaired) electrons. The summed E-state index contributed by atoms with van der Waals surface area (Å²) in [6.45, 7) is 1.06. The highest BCUT2D eigenvalue weighted by Gasteiger charge is 2.20. The zero-order chi connectivity index (χ0) is 12.3. The Hall–Kier alpha value is -0.840. The Morgan fingerprint density at radius 2 is 2.17 bits per heavy atom. The fraction of sp³-hybridized carbons (Fsp3) is 0.417. The Bertz CT molecular complexity index is 425. The van der Waals surface area contributed by atoms with Crippen molar-refractivity contribution in [1.29, 1.82) is 0 Å². The Labute approximate surface area is 116 Å². The molecule has 0 unspecified atom stereocenters. The van der Waals surface area contributed by atoms with Crippen molar-refractivity contribution in [3.8, 4) is 0 Å². The van der Waals surface area contributed by atoms with Gasteiger partial charge in [0.15, 0.2) is 0 Å². The highest BCUT2D eigenvalue weighted by atomic mass is 35.5. The molecule has 1 aliphatic carbocycles. The first kappa shape index (κ1) is 15.2. The molecule has 6 heteroatoms. The Kier molecular flexibility index (Phi) is 5.85. The van der Waals surface area contributed by atoms with E-state index >= 15 is 0 Å². The summed E-state index contributed by atoms with van der Waals surface area (Å²) in [6.07, 6.45) is 2.47. The second-order valence-corrected chi connectivity index (χ2v) is 4.68. The van der Waals surface area contributed by atoms with Gasteiger partial charge >= 0.3 is 0 Å². The van der Waals surface area contributed by atoms with Crippen LogP contribution in [-0.2, 0) is 4.79 Å². The molecule has 0 aliphatic heterocycles. The first-order chi connectivity index (χ1) is 8.15. The average Bonchev–Trinajstić information content (AvgIpc) is 3.06. The third-order valence-electron chi connectivity index (χ3n) is 2.62. The minimum Gasteiger partial charge on any atom is -0.322 e. The van der Waals surface area contributed by atoms with Crippen LogP contribution in [0.5, 0.6) is 0 Å². The van der Waals surface area contributed by atoms with Crippen molar-refractivity contribution in [1.82, 2.24) is 5.32 Å². The van der Waals surface area contributed by atoms with Gasteiger partial charge < -0.3 is 10.6 Å². The molecule has 0 saturated heterocycles. The average molecular weight is 293 g/mol. The summed E-state index contributed by atoms with van der Waals surface area (Å²) in [5.41, 5.74) is 0.160. The lowest BCUT2D eigenvalue weighted by Crippen LogP contribution is -2.29. The zero-order valence-corrected chi connectivity index (χ0v) is 11.3. The third kappa shape index (κ3) is 4.80. The van der Waals surface area contributed by atoms with Gasteiger partial charge in [-0.15, -0.1) is 12.4 Å². The van der Waals surface area contributed by atoms with E-state index in [0.29, 0.717) is 5.02 Å². The minimum absolute atomic E-state index is 0. The molecule has 1 aromatic rings. The van der Waals surface area contributed by atoms with E-state index < -0.39 is 5.82 Å². The Morgan fingerprint density at radius 3 is 2.78 bits per heavy atom. The minimum atomic E-state index is -0.520. The van der Waals surface area contributed by atoms with Gasteiger partial charge in [-0.2, -0.15) is 0 Å². The Balaban J connectivity index is 0.00000162. The molecule has 1 fully saturated rings. The lowest BCUT2D eigenvalue weighted by Gasteiger charge is -2.07. The van der Waals surface area contributed by atoms with Crippen LogP contribution in [-0.4, -0.2) is 19.0 Å². The molecule has 2 N–H and O–H groups in total. The summed E-state index contributed by atoms with van der Waals surface area (Å²) in [5.74, 6) is -0.0463. The lowest BCUT2D eigenvalue weighted by atomic mass is 10.3. The highest BCUT2D eigenvalue weighted by molar-refractivity contribution is 6.30. The number of anilines is 1. The predicted octanol–water partition coefficient (Wildman–Crippen LogP) is 2.84. The van der Waals surface area contributed by atoms with Crippen molar-refractivity contribution >= 4 is 35.6 Å². The molecule has 1 aromatic carbocycles. The molecule has 0 bridgehead atoms. The largest absolute Gasteiger partial charge is 0.322 e. The second kappa shape index (κ2) is 6.92. The molecule has 1 saturated carbocycles. The van der Waals surface area contributed by atoms with Gasteiger partial charge in [0, 0.05) is 5.02 Å². The summed E-state index contributed by atoms with van der Waals surface area (Å²) in [7, 11) is 0. The van der Waals surface area contributed by atoms with Crippen molar-refractivity contribution in [2.45, 2.75) is 12.8 Å². The van der Waals surface area contributed by atoms with Gasteiger partial charge in [0.05, 0.1) is 12.2 Å².